The van der Waals surface area contributed by atoms with Crippen molar-refractivity contribution >= 4 is 36.0 Å². The maximum atomic E-state index is 11.8. The van der Waals surface area contributed by atoms with E-state index in [1.165, 1.54) is 24.0 Å². The lowest BCUT2D eigenvalue weighted by Crippen LogP contribution is -2.54. The molecule has 0 unspecified atom stereocenters. The van der Waals surface area contributed by atoms with Crippen LogP contribution in [0.25, 0.3) is 0 Å². The molecule has 1 saturated carbocycles. The Labute approximate surface area is 179 Å². The first-order valence-electron chi connectivity index (χ1n) is 9.53. The Bertz CT molecular complexity index is 668. The van der Waals surface area contributed by atoms with Gasteiger partial charge in [0.2, 0.25) is 0 Å². The van der Waals surface area contributed by atoms with Gasteiger partial charge in [0, 0.05) is 45.2 Å². The number of halogens is 1. The molecule has 2 aliphatic rings. The Hall–Kier alpha value is -1.51. The van der Waals surface area contributed by atoms with Crippen molar-refractivity contribution in [2.75, 3.05) is 46.4 Å². The van der Waals surface area contributed by atoms with Gasteiger partial charge in [0.05, 0.1) is 6.61 Å². The van der Waals surface area contributed by atoms with Crippen LogP contribution < -0.4 is 5.32 Å². The van der Waals surface area contributed by atoms with E-state index in [4.69, 9.17) is 4.74 Å². The van der Waals surface area contributed by atoms with Crippen molar-refractivity contribution in [1.29, 1.82) is 0 Å². The third-order valence-corrected chi connectivity index (χ3v) is 5.47. The summed E-state index contributed by atoms with van der Waals surface area (Å²) in [4.78, 5) is 20.3. The van der Waals surface area contributed by atoms with Crippen molar-refractivity contribution in [1.82, 2.24) is 15.1 Å². The van der Waals surface area contributed by atoms with Crippen molar-refractivity contribution < 1.29 is 9.53 Å². The minimum Gasteiger partial charge on any atom is -0.450 e. The summed E-state index contributed by atoms with van der Waals surface area (Å²) in [6.07, 6.45) is 2.23. The maximum Gasteiger partial charge on any atom is 0.409 e. The number of guanidine groups is 1. The van der Waals surface area contributed by atoms with E-state index in [1.54, 1.807) is 4.90 Å². The normalized spacial score (nSPS) is 18.6. The van der Waals surface area contributed by atoms with Crippen molar-refractivity contribution in [3.63, 3.8) is 0 Å². The largest absolute Gasteiger partial charge is 0.450 e. The van der Waals surface area contributed by atoms with E-state index in [0.29, 0.717) is 19.7 Å². The third kappa shape index (κ3) is 5.06. The fraction of sp³-hybridized carbons (Fsp3) is 0.600. The molecule has 0 aromatic heterocycles. The van der Waals surface area contributed by atoms with E-state index < -0.39 is 0 Å². The second-order valence-corrected chi connectivity index (χ2v) is 7.17. The first-order valence-corrected chi connectivity index (χ1v) is 9.53. The van der Waals surface area contributed by atoms with Gasteiger partial charge in [0.25, 0.3) is 0 Å². The van der Waals surface area contributed by atoms with Gasteiger partial charge in [0.1, 0.15) is 0 Å². The number of ether oxygens (including phenoxy) is 1. The second-order valence-electron chi connectivity index (χ2n) is 7.17. The molecule has 6 nitrogen and oxygen atoms in total. The quantitative estimate of drug-likeness (QED) is 0.404. The zero-order chi connectivity index (χ0) is 18.6. The van der Waals surface area contributed by atoms with E-state index in [-0.39, 0.29) is 35.5 Å². The Kier molecular flexibility index (Phi) is 7.76. The van der Waals surface area contributed by atoms with Gasteiger partial charge < -0.3 is 19.9 Å². The number of hydrogen-bond acceptors (Lipinski definition) is 3. The minimum absolute atomic E-state index is 0. The summed E-state index contributed by atoms with van der Waals surface area (Å²) in [5.41, 5.74) is 3.06. The molecule has 0 bridgehead atoms. The fourth-order valence-electron chi connectivity index (χ4n) is 3.76. The van der Waals surface area contributed by atoms with Crippen molar-refractivity contribution in [3.8, 4) is 0 Å². The number of aliphatic imine (C=N–C) groups is 1. The van der Waals surface area contributed by atoms with Crippen LogP contribution in [-0.4, -0.2) is 68.2 Å². The zero-order valence-electron chi connectivity index (χ0n) is 16.5. The summed E-state index contributed by atoms with van der Waals surface area (Å²) < 4.78 is 5.09. The molecular formula is C20H31IN4O2. The van der Waals surface area contributed by atoms with Gasteiger partial charge in [0.15, 0.2) is 5.96 Å². The van der Waals surface area contributed by atoms with Crippen molar-refractivity contribution in [2.24, 2.45) is 4.99 Å². The predicted octanol–water partition coefficient (Wildman–Crippen LogP) is 2.99. The van der Waals surface area contributed by atoms with Crippen LogP contribution in [-0.2, 0) is 10.2 Å². The number of rotatable bonds is 4. The first-order chi connectivity index (χ1) is 12.6. The van der Waals surface area contributed by atoms with Gasteiger partial charge in [-0.05, 0) is 37.8 Å². The number of piperazine rings is 1. The molecule has 27 heavy (non-hydrogen) atoms. The molecule has 1 aromatic carbocycles. The molecule has 0 spiro atoms. The van der Waals surface area contributed by atoms with Crippen LogP contribution in [0.3, 0.4) is 0 Å². The number of aryl methyl sites for hydroxylation is 1. The molecule has 7 heteroatoms. The van der Waals surface area contributed by atoms with E-state index in [1.807, 2.05) is 14.0 Å². The number of carbonyl (C=O) groups is 1. The van der Waals surface area contributed by atoms with Crippen LogP contribution in [0.5, 0.6) is 0 Å². The maximum absolute atomic E-state index is 11.8. The average molecular weight is 486 g/mol. The minimum atomic E-state index is -0.216. The summed E-state index contributed by atoms with van der Waals surface area (Å²) in [5.74, 6) is 0.924. The number of nitrogens with zero attached hydrogens (tertiary/aromatic N) is 3. The van der Waals surface area contributed by atoms with Gasteiger partial charge in [-0.3, -0.25) is 4.99 Å². The molecule has 1 amide bonds. The molecule has 150 valence electrons. The molecule has 0 radical (unpaired) electrons. The number of benzene rings is 1. The van der Waals surface area contributed by atoms with Gasteiger partial charge in [-0.2, -0.15) is 0 Å². The van der Waals surface area contributed by atoms with Gasteiger partial charge in [-0.25, -0.2) is 4.79 Å². The standard InChI is InChI=1S/C20H30N4O2.HI/c1-4-26-19(25)24-13-11-23(12-14-24)18(21-3)22-15-20(9-10-20)17-8-6-5-7-16(17)2;/h5-8H,4,9-15H2,1-3H3,(H,21,22);1H. The molecule has 0 atom stereocenters. The number of amides is 1. The average Bonchev–Trinajstić information content (AvgIpc) is 3.44. The fourth-order valence-corrected chi connectivity index (χ4v) is 3.76. The van der Waals surface area contributed by atoms with E-state index in [2.05, 4.69) is 46.4 Å². The highest BCUT2D eigenvalue weighted by Crippen LogP contribution is 2.48. The lowest BCUT2D eigenvalue weighted by Gasteiger charge is -2.36. The molecular weight excluding hydrogens is 455 g/mol. The number of carbonyl (C=O) groups excluding carboxylic acids is 1. The Balaban J connectivity index is 0.00000261. The highest BCUT2D eigenvalue weighted by molar-refractivity contribution is 14.0. The van der Waals surface area contributed by atoms with Crippen LogP contribution in [0.4, 0.5) is 4.79 Å². The SMILES string of the molecule is CCOC(=O)N1CCN(C(=NC)NCC2(c3ccccc3C)CC2)CC1.I. The number of nitrogens with one attached hydrogen (secondary N) is 1. The van der Waals surface area contributed by atoms with Gasteiger partial charge in [-0.15, -0.1) is 24.0 Å². The summed E-state index contributed by atoms with van der Waals surface area (Å²) in [7, 11) is 1.83. The lowest BCUT2D eigenvalue weighted by atomic mass is 9.92. The lowest BCUT2D eigenvalue weighted by molar-refractivity contribution is 0.0914. The van der Waals surface area contributed by atoms with Crippen molar-refractivity contribution in [2.45, 2.75) is 32.1 Å². The Morgan fingerprint density at radius 1 is 1.19 bits per heavy atom. The van der Waals surface area contributed by atoms with Crippen LogP contribution in [0.15, 0.2) is 29.3 Å². The van der Waals surface area contributed by atoms with Crippen LogP contribution in [0, 0.1) is 6.92 Å². The summed E-state index contributed by atoms with van der Waals surface area (Å²) >= 11 is 0. The molecule has 2 fully saturated rings. The second kappa shape index (κ2) is 9.61. The van der Waals surface area contributed by atoms with E-state index >= 15 is 0 Å². The smallest absolute Gasteiger partial charge is 0.409 e. The first kappa shape index (κ1) is 21.8. The molecule has 1 aliphatic carbocycles. The molecule has 1 aromatic rings. The Morgan fingerprint density at radius 2 is 1.81 bits per heavy atom. The van der Waals surface area contributed by atoms with Crippen LogP contribution >= 0.6 is 24.0 Å². The highest BCUT2D eigenvalue weighted by Gasteiger charge is 2.45. The van der Waals surface area contributed by atoms with E-state index in [9.17, 15) is 4.79 Å². The summed E-state index contributed by atoms with van der Waals surface area (Å²) in [6, 6.07) is 8.68. The molecule has 1 N–H and O–H groups in total. The van der Waals surface area contributed by atoms with Gasteiger partial charge >= 0.3 is 6.09 Å². The van der Waals surface area contributed by atoms with Crippen molar-refractivity contribution in [3.05, 3.63) is 35.4 Å². The molecule has 1 saturated heterocycles. The van der Waals surface area contributed by atoms with Crippen LogP contribution in [0.2, 0.25) is 0 Å². The van der Waals surface area contributed by atoms with Crippen LogP contribution in [0.1, 0.15) is 30.9 Å². The predicted molar refractivity (Wildman–Crippen MR) is 119 cm³/mol. The molecule has 1 heterocycles. The summed E-state index contributed by atoms with van der Waals surface area (Å²) in [5, 5.41) is 3.58. The van der Waals surface area contributed by atoms with E-state index in [0.717, 1.165) is 25.6 Å². The third-order valence-electron chi connectivity index (χ3n) is 5.47. The summed E-state index contributed by atoms with van der Waals surface area (Å²) in [6.45, 7) is 8.24. The monoisotopic (exact) mass is 486 g/mol. The zero-order valence-corrected chi connectivity index (χ0v) is 18.9. The molecule has 3 rings (SSSR count). The Morgan fingerprint density at radius 3 is 2.37 bits per heavy atom. The van der Waals surface area contributed by atoms with Gasteiger partial charge in [-0.1, -0.05) is 24.3 Å². The molecule has 1 aliphatic heterocycles. The highest BCUT2D eigenvalue weighted by atomic mass is 127. The topological polar surface area (TPSA) is 57.2 Å². The number of hydrogen-bond donors (Lipinski definition) is 1.